The summed E-state index contributed by atoms with van der Waals surface area (Å²) in [5.74, 6) is 1.57. The van der Waals surface area contributed by atoms with Gasteiger partial charge in [0.05, 0.1) is 10.0 Å². The number of nitrogens with zero attached hydrogens (tertiary/aromatic N) is 2. The van der Waals surface area contributed by atoms with Crippen LogP contribution < -0.4 is 5.32 Å². The van der Waals surface area contributed by atoms with Gasteiger partial charge in [0.2, 0.25) is 0 Å². The number of hydrogen-bond donors (Lipinski definition) is 1. The number of rotatable bonds is 2. The van der Waals surface area contributed by atoms with E-state index in [1.54, 1.807) is 12.1 Å². The molecule has 3 rings (SSSR count). The average molecular weight is 298 g/mol. The Labute approximate surface area is 121 Å². The van der Waals surface area contributed by atoms with E-state index in [1.807, 2.05) is 6.07 Å². The van der Waals surface area contributed by atoms with E-state index in [0.717, 1.165) is 37.3 Å². The van der Waals surface area contributed by atoms with Crippen LogP contribution in [-0.2, 0) is 0 Å². The second kappa shape index (κ2) is 5.49. The Kier molecular flexibility index (Phi) is 3.73. The van der Waals surface area contributed by atoms with Gasteiger partial charge in [-0.2, -0.15) is 4.98 Å². The molecule has 1 atom stereocenters. The number of piperidine rings is 1. The fraction of sp³-hybridized carbons (Fsp3) is 0.385. The predicted octanol–water partition coefficient (Wildman–Crippen LogP) is 3.51. The highest BCUT2D eigenvalue weighted by atomic mass is 35.5. The van der Waals surface area contributed by atoms with Crippen molar-refractivity contribution < 1.29 is 4.52 Å². The van der Waals surface area contributed by atoms with Gasteiger partial charge in [-0.05, 0) is 37.6 Å². The topological polar surface area (TPSA) is 51.0 Å². The standard InChI is InChI=1S/C13H13Cl2N3O/c14-10-4-3-8(6-11(10)15)13-17-12(18-19-13)9-2-1-5-16-7-9/h3-4,6,9,16H,1-2,5,7H2. The molecule has 0 radical (unpaired) electrons. The number of benzene rings is 1. The first-order valence-electron chi connectivity index (χ1n) is 6.24. The van der Waals surface area contributed by atoms with Crippen molar-refractivity contribution >= 4 is 23.2 Å². The van der Waals surface area contributed by atoms with Gasteiger partial charge in [-0.25, -0.2) is 0 Å². The molecule has 1 aliphatic heterocycles. The van der Waals surface area contributed by atoms with Crippen LogP contribution >= 0.6 is 23.2 Å². The molecule has 4 nitrogen and oxygen atoms in total. The maximum atomic E-state index is 5.99. The van der Waals surface area contributed by atoms with Crippen LogP contribution in [0, 0.1) is 0 Å². The van der Waals surface area contributed by atoms with Crippen molar-refractivity contribution in [2.45, 2.75) is 18.8 Å². The van der Waals surface area contributed by atoms with Crippen LogP contribution in [0.2, 0.25) is 10.0 Å². The number of hydrogen-bond acceptors (Lipinski definition) is 4. The van der Waals surface area contributed by atoms with E-state index in [-0.39, 0.29) is 0 Å². The average Bonchev–Trinajstić information content (AvgIpc) is 2.93. The molecule has 0 saturated carbocycles. The lowest BCUT2D eigenvalue weighted by atomic mass is 9.99. The predicted molar refractivity (Wildman–Crippen MR) is 74.6 cm³/mol. The third-order valence-corrected chi connectivity index (χ3v) is 4.01. The zero-order chi connectivity index (χ0) is 13.2. The SMILES string of the molecule is Clc1ccc(-c2nc(C3CCCNC3)no2)cc1Cl. The zero-order valence-corrected chi connectivity index (χ0v) is 11.7. The Morgan fingerprint density at radius 3 is 2.89 bits per heavy atom. The van der Waals surface area contributed by atoms with Crippen molar-refractivity contribution in [3.05, 3.63) is 34.1 Å². The molecule has 19 heavy (non-hydrogen) atoms. The summed E-state index contributed by atoms with van der Waals surface area (Å²) in [6.07, 6.45) is 2.23. The molecular weight excluding hydrogens is 285 g/mol. The van der Waals surface area contributed by atoms with Gasteiger partial charge in [-0.15, -0.1) is 0 Å². The Bertz CT molecular complexity index is 579. The first kappa shape index (κ1) is 12.9. The van der Waals surface area contributed by atoms with Crippen molar-refractivity contribution in [2.24, 2.45) is 0 Å². The highest BCUT2D eigenvalue weighted by Crippen LogP contribution is 2.29. The lowest BCUT2D eigenvalue weighted by molar-refractivity contribution is 0.393. The molecule has 1 fully saturated rings. The first-order valence-corrected chi connectivity index (χ1v) is 6.99. The fourth-order valence-electron chi connectivity index (χ4n) is 2.22. The van der Waals surface area contributed by atoms with Gasteiger partial charge in [0, 0.05) is 18.0 Å². The molecule has 2 heterocycles. The summed E-state index contributed by atoms with van der Waals surface area (Å²) in [6.45, 7) is 1.97. The number of aromatic nitrogens is 2. The molecule has 1 aliphatic rings. The molecule has 0 spiro atoms. The monoisotopic (exact) mass is 297 g/mol. The van der Waals surface area contributed by atoms with Crippen LogP contribution in [0.15, 0.2) is 22.7 Å². The molecule has 2 aromatic rings. The fourth-order valence-corrected chi connectivity index (χ4v) is 2.52. The van der Waals surface area contributed by atoms with Crippen molar-refractivity contribution in [1.29, 1.82) is 0 Å². The second-order valence-electron chi connectivity index (χ2n) is 4.63. The smallest absolute Gasteiger partial charge is 0.257 e. The second-order valence-corrected chi connectivity index (χ2v) is 5.44. The van der Waals surface area contributed by atoms with Gasteiger partial charge < -0.3 is 9.84 Å². The summed E-state index contributed by atoms with van der Waals surface area (Å²) in [7, 11) is 0. The van der Waals surface area contributed by atoms with Gasteiger partial charge >= 0.3 is 0 Å². The van der Waals surface area contributed by atoms with Crippen LogP contribution in [0.1, 0.15) is 24.6 Å². The number of halogens is 2. The molecule has 0 bridgehead atoms. The summed E-state index contributed by atoms with van der Waals surface area (Å²) in [5, 5.41) is 8.40. The van der Waals surface area contributed by atoms with Crippen LogP contribution in [-0.4, -0.2) is 23.2 Å². The van der Waals surface area contributed by atoms with Gasteiger partial charge in [-0.1, -0.05) is 28.4 Å². The Morgan fingerprint density at radius 2 is 2.16 bits per heavy atom. The van der Waals surface area contributed by atoms with Crippen molar-refractivity contribution in [3.8, 4) is 11.5 Å². The van der Waals surface area contributed by atoms with Gasteiger partial charge in [0.25, 0.3) is 5.89 Å². The summed E-state index contributed by atoms with van der Waals surface area (Å²) in [4.78, 5) is 4.46. The lowest BCUT2D eigenvalue weighted by Crippen LogP contribution is -2.28. The Morgan fingerprint density at radius 1 is 1.26 bits per heavy atom. The normalized spacial score (nSPS) is 19.6. The molecular formula is C13H13Cl2N3O. The van der Waals surface area contributed by atoms with Gasteiger partial charge in [0.15, 0.2) is 5.82 Å². The first-order chi connectivity index (χ1) is 9.24. The molecule has 1 N–H and O–H groups in total. The van der Waals surface area contributed by atoms with E-state index < -0.39 is 0 Å². The highest BCUT2D eigenvalue weighted by Gasteiger charge is 2.21. The summed E-state index contributed by atoms with van der Waals surface area (Å²) < 4.78 is 5.31. The molecule has 0 amide bonds. The van der Waals surface area contributed by atoms with Crippen molar-refractivity contribution in [3.63, 3.8) is 0 Å². The van der Waals surface area contributed by atoms with Gasteiger partial charge in [0.1, 0.15) is 0 Å². The lowest BCUT2D eigenvalue weighted by Gasteiger charge is -2.19. The Hall–Kier alpha value is -1.10. The molecule has 1 aromatic carbocycles. The molecule has 1 aromatic heterocycles. The van der Waals surface area contributed by atoms with E-state index >= 15 is 0 Å². The zero-order valence-electron chi connectivity index (χ0n) is 10.2. The van der Waals surface area contributed by atoms with E-state index in [9.17, 15) is 0 Å². The molecule has 6 heteroatoms. The molecule has 100 valence electrons. The third-order valence-electron chi connectivity index (χ3n) is 3.27. The quantitative estimate of drug-likeness (QED) is 0.921. The van der Waals surface area contributed by atoms with Crippen LogP contribution in [0.5, 0.6) is 0 Å². The van der Waals surface area contributed by atoms with E-state index in [0.29, 0.717) is 21.9 Å². The summed E-state index contributed by atoms with van der Waals surface area (Å²) in [5.41, 5.74) is 0.789. The minimum Gasteiger partial charge on any atom is -0.334 e. The maximum absolute atomic E-state index is 5.99. The van der Waals surface area contributed by atoms with Crippen LogP contribution in [0.4, 0.5) is 0 Å². The van der Waals surface area contributed by atoms with Crippen molar-refractivity contribution in [2.75, 3.05) is 13.1 Å². The number of nitrogens with one attached hydrogen (secondary N) is 1. The van der Waals surface area contributed by atoms with Crippen molar-refractivity contribution in [1.82, 2.24) is 15.5 Å². The minimum absolute atomic E-state index is 0.328. The highest BCUT2D eigenvalue weighted by molar-refractivity contribution is 6.42. The van der Waals surface area contributed by atoms with E-state index in [2.05, 4.69) is 15.5 Å². The largest absolute Gasteiger partial charge is 0.334 e. The minimum atomic E-state index is 0.328. The summed E-state index contributed by atoms with van der Waals surface area (Å²) >= 11 is 11.9. The third kappa shape index (κ3) is 2.76. The summed E-state index contributed by atoms with van der Waals surface area (Å²) in [6, 6.07) is 5.29. The molecule has 0 aliphatic carbocycles. The Balaban J connectivity index is 1.85. The molecule has 1 unspecified atom stereocenters. The van der Waals surface area contributed by atoms with Crippen LogP contribution in [0.25, 0.3) is 11.5 Å². The van der Waals surface area contributed by atoms with Crippen LogP contribution in [0.3, 0.4) is 0 Å². The van der Waals surface area contributed by atoms with E-state index in [4.69, 9.17) is 27.7 Å². The maximum Gasteiger partial charge on any atom is 0.257 e. The van der Waals surface area contributed by atoms with E-state index in [1.165, 1.54) is 0 Å². The molecule has 1 saturated heterocycles. The van der Waals surface area contributed by atoms with Gasteiger partial charge in [-0.3, -0.25) is 0 Å².